The summed E-state index contributed by atoms with van der Waals surface area (Å²) in [6.07, 6.45) is 0. The summed E-state index contributed by atoms with van der Waals surface area (Å²) in [5.74, 6) is 1.70. The standard InChI is InChI=1S/C17H20BrNO2/c1-12(19-11-13-6-4-5-7-16(13)18)15-10-14(20-2)8-9-17(15)21-3/h4-10,12,19H,11H2,1-3H3. The Balaban J connectivity index is 2.13. The number of halogens is 1. The number of hydrogen-bond acceptors (Lipinski definition) is 3. The van der Waals surface area contributed by atoms with E-state index in [4.69, 9.17) is 9.47 Å². The van der Waals surface area contributed by atoms with Crippen LogP contribution in [0.4, 0.5) is 0 Å². The monoisotopic (exact) mass is 349 g/mol. The molecule has 3 nitrogen and oxygen atoms in total. The maximum atomic E-state index is 5.44. The Morgan fingerprint density at radius 3 is 2.52 bits per heavy atom. The smallest absolute Gasteiger partial charge is 0.123 e. The van der Waals surface area contributed by atoms with Gasteiger partial charge in [0.25, 0.3) is 0 Å². The minimum Gasteiger partial charge on any atom is -0.497 e. The Kier molecular flexibility index (Phi) is 5.65. The second-order valence-corrected chi connectivity index (χ2v) is 5.66. The molecule has 0 aromatic heterocycles. The molecule has 0 spiro atoms. The number of hydrogen-bond donors (Lipinski definition) is 1. The lowest BCUT2D eigenvalue weighted by Crippen LogP contribution is -2.19. The average Bonchev–Trinajstić information content (AvgIpc) is 2.53. The van der Waals surface area contributed by atoms with Crippen molar-refractivity contribution in [3.05, 3.63) is 58.1 Å². The van der Waals surface area contributed by atoms with Crippen LogP contribution in [0.15, 0.2) is 46.9 Å². The van der Waals surface area contributed by atoms with E-state index in [-0.39, 0.29) is 6.04 Å². The fourth-order valence-electron chi connectivity index (χ4n) is 2.19. The van der Waals surface area contributed by atoms with Crippen LogP contribution in [0.3, 0.4) is 0 Å². The lowest BCUT2D eigenvalue weighted by atomic mass is 10.1. The van der Waals surface area contributed by atoms with Crippen LogP contribution in [0, 0.1) is 0 Å². The minimum absolute atomic E-state index is 0.155. The van der Waals surface area contributed by atoms with Gasteiger partial charge in [0.05, 0.1) is 14.2 Å². The van der Waals surface area contributed by atoms with Crippen molar-refractivity contribution >= 4 is 15.9 Å². The molecule has 0 aliphatic rings. The van der Waals surface area contributed by atoms with Crippen LogP contribution in [-0.2, 0) is 6.54 Å². The first-order valence-corrected chi connectivity index (χ1v) is 7.63. The zero-order valence-corrected chi connectivity index (χ0v) is 14.1. The quantitative estimate of drug-likeness (QED) is 0.842. The van der Waals surface area contributed by atoms with Crippen LogP contribution in [0.2, 0.25) is 0 Å². The molecule has 0 amide bonds. The average molecular weight is 350 g/mol. The molecule has 1 unspecified atom stereocenters. The molecule has 2 rings (SSSR count). The van der Waals surface area contributed by atoms with Gasteiger partial charge in [-0.1, -0.05) is 34.1 Å². The normalized spacial score (nSPS) is 12.0. The van der Waals surface area contributed by atoms with Crippen LogP contribution in [0.5, 0.6) is 11.5 Å². The van der Waals surface area contributed by atoms with Crippen molar-refractivity contribution in [1.82, 2.24) is 5.32 Å². The van der Waals surface area contributed by atoms with Crippen LogP contribution in [-0.4, -0.2) is 14.2 Å². The van der Waals surface area contributed by atoms with E-state index in [1.807, 2.05) is 36.4 Å². The van der Waals surface area contributed by atoms with Gasteiger partial charge in [0.15, 0.2) is 0 Å². The molecular weight excluding hydrogens is 330 g/mol. The summed E-state index contributed by atoms with van der Waals surface area (Å²) in [6.45, 7) is 2.90. The molecule has 2 aromatic rings. The summed E-state index contributed by atoms with van der Waals surface area (Å²) in [4.78, 5) is 0. The Hall–Kier alpha value is -1.52. The highest BCUT2D eigenvalue weighted by Crippen LogP contribution is 2.29. The third-order valence-electron chi connectivity index (χ3n) is 3.46. The lowest BCUT2D eigenvalue weighted by molar-refractivity contribution is 0.391. The topological polar surface area (TPSA) is 30.5 Å². The van der Waals surface area contributed by atoms with Gasteiger partial charge in [0.2, 0.25) is 0 Å². The van der Waals surface area contributed by atoms with E-state index in [1.54, 1.807) is 14.2 Å². The van der Waals surface area contributed by atoms with Gasteiger partial charge in [-0.05, 0) is 36.8 Å². The SMILES string of the molecule is COc1ccc(OC)c(C(C)NCc2ccccc2Br)c1. The molecule has 0 radical (unpaired) electrons. The Bertz CT molecular complexity index is 601. The molecule has 0 aliphatic carbocycles. The number of ether oxygens (including phenoxy) is 2. The highest BCUT2D eigenvalue weighted by Gasteiger charge is 2.12. The van der Waals surface area contributed by atoms with E-state index in [9.17, 15) is 0 Å². The molecular formula is C17H20BrNO2. The van der Waals surface area contributed by atoms with E-state index in [2.05, 4.69) is 34.2 Å². The zero-order chi connectivity index (χ0) is 15.2. The Morgan fingerprint density at radius 2 is 1.86 bits per heavy atom. The summed E-state index contributed by atoms with van der Waals surface area (Å²) in [7, 11) is 3.36. The summed E-state index contributed by atoms with van der Waals surface area (Å²) in [5.41, 5.74) is 2.31. The largest absolute Gasteiger partial charge is 0.497 e. The predicted octanol–water partition coefficient (Wildman–Crippen LogP) is 4.32. The third-order valence-corrected chi connectivity index (χ3v) is 4.23. The van der Waals surface area contributed by atoms with Crippen molar-refractivity contribution in [2.24, 2.45) is 0 Å². The van der Waals surface area contributed by atoms with Gasteiger partial charge >= 0.3 is 0 Å². The van der Waals surface area contributed by atoms with E-state index in [0.717, 1.165) is 28.1 Å². The highest BCUT2D eigenvalue weighted by atomic mass is 79.9. The maximum absolute atomic E-state index is 5.44. The first kappa shape index (κ1) is 15.9. The predicted molar refractivity (Wildman–Crippen MR) is 88.9 cm³/mol. The zero-order valence-electron chi connectivity index (χ0n) is 12.5. The summed E-state index contributed by atoms with van der Waals surface area (Å²) < 4.78 is 11.8. The van der Waals surface area contributed by atoms with Gasteiger partial charge in [-0.3, -0.25) is 0 Å². The van der Waals surface area contributed by atoms with Gasteiger partial charge in [0.1, 0.15) is 11.5 Å². The van der Waals surface area contributed by atoms with Crippen molar-refractivity contribution in [3.8, 4) is 11.5 Å². The van der Waals surface area contributed by atoms with Gasteiger partial charge < -0.3 is 14.8 Å². The molecule has 21 heavy (non-hydrogen) atoms. The number of nitrogens with one attached hydrogen (secondary N) is 1. The van der Waals surface area contributed by atoms with Crippen molar-refractivity contribution in [3.63, 3.8) is 0 Å². The molecule has 0 bridgehead atoms. The first-order chi connectivity index (χ1) is 10.2. The molecule has 112 valence electrons. The molecule has 2 aromatic carbocycles. The molecule has 0 saturated carbocycles. The van der Waals surface area contributed by atoms with Crippen LogP contribution in [0.25, 0.3) is 0 Å². The fourth-order valence-corrected chi connectivity index (χ4v) is 2.62. The lowest BCUT2D eigenvalue weighted by Gasteiger charge is -2.18. The van der Waals surface area contributed by atoms with E-state index in [1.165, 1.54) is 5.56 Å². The number of rotatable bonds is 6. The summed E-state index contributed by atoms with van der Waals surface area (Å²) >= 11 is 3.57. The summed E-state index contributed by atoms with van der Waals surface area (Å²) in [6, 6.07) is 14.2. The van der Waals surface area contributed by atoms with Crippen LogP contribution >= 0.6 is 15.9 Å². The van der Waals surface area contributed by atoms with Gasteiger partial charge in [-0.15, -0.1) is 0 Å². The van der Waals surface area contributed by atoms with Crippen LogP contribution in [0.1, 0.15) is 24.1 Å². The van der Waals surface area contributed by atoms with E-state index >= 15 is 0 Å². The van der Waals surface area contributed by atoms with Crippen molar-refractivity contribution in [1.29, 1.82) is 0 Å². The second kappa shape index (κ2) is 7.48. The van der Waals surface area contributed by atoms with Crippen molar-refractivity contribution < 1.29 is 9.47 Å². The van der Waals surface area contributed by atoms with Gasteiger partial charge in [-0.2, -0.15) is 0 Å². The molecule has 0 heterocycles. The number of benzene rings is 2. The maximum Gasteiger partial charge on any atom is 0.123 e. The van der Waals surface area contributed by atoms with E-state index in [0.29, 0.717) is 0 Å². The fraction of sp³-hybridized carbons (Fsp3) is 0.294. The number of methoxy groups -OCH3 is 2. The molecule has 1 N–H and O–H groups in total. The van der Waals surface area contributed by atoms with E-state index < -0.39 is 0 Å². The second-order valence-electron chi connectivity index (χ2n) is 4.80. The molecule has 0 saturated heterocycles. The Morgan fingerprint density at radius 1 is 1.10 bits per heavy atom. The Labute approximate surface area is 134 Å². The molecule has 0 fully saturated rings. The molecule has 1 atom stereocenters. The molecule has 0 aliphatic heterocycles. The van der Waals surface area contributed by atoms with Crippen molar-refractivity contribution in [2.45, 2.75) is 19.5 Å². The van der Waals surface area contributed by atoms with Gasteiger partial charge in [0, 0.05) is 22.6 Å². The summed E-state index contributed by atoms with van der Waals surface area (Å²) in [5, 5.41) is 3.52. The first-order valence-electron chi connectivity index (χ1n) is 6.84. The van der Waals surface area contributed by atoms with Crippen molar-refractivity contribution in [2.75, 3.05) is 14.2 Å². The highest BCUT2D eigenvalue weighted by molar-refractivity contribution is 9.10. The minimum atomic E-state index is 0.155. The third kappa shape index (κ3) is 3.99. The van der Waals surface area contributed by atoms with Gasteiger partial charge in [-0.25, -0.2) is 0 Å². The molecule has 4 heteroatoms. The van der Waals surface area contributed by atoms with Crippen LogP contribution < -0.4 is 14.8 Å².